The summed E-state index contributed by atoms with van der Waals surface area (Å²) in [5.41, 5.74) is 0.590. The molecule has 3 rings (SSSR count). The standard InChI is InChI=1S/C20H37N/c1-14-5-6-16(11-15(14)2)19-12-20(3,4)10-9-17(19)13-21-18-7-8-18/h14-19,21H,5-13H2,1-4H3. The summed E-state index contributed by atoms with van der Waals surface area (Å²) in [4.78, 5) is 0. The molecule has 0 aliphatic heterocycles. The minimum atomic E-state index is 0.590. The van der Waals surface area contributed by atoms with Gasteiger partial charge >= 0.3 is 0 Å². The van der Waals surface area contributed by atoms with Crippen LogP contribution in [-0.2, 0) is 0 Å². The third-order valence-electron chi connectivity index (χ3n) is 7.08. The molecule has 3 aliphatic carbocycles. The highest BCUT2D eigenvalue weighted by Gasteiger charge is 2.41. The van der Waals surface area contributed by atoms with Crippen molar-refractivity contribution in [3.63, 3.8) is 0 Å². The molecule has 3 fully saturated rings. The maximum Gasteiger partial charge on any atom is 0.00683 e. The molecule has 0 aromatic rings. The van der Waals surface area contributed by atoms with Gasteiger partial charge < -0.3 is 5.32 Å². The Morgan fingerprint density at radius 2 is 1.71 bits per heavy atom. The Hall–Kier alpha value is -0.0400. The third-order valence-corrected chi connectivity index (χ3v) is 7.08. The smallest absolute Gasteiger partial charge is 0.00683 e. The van der Waals surface area contributed by atoms with E-state index < -0.39 is 0 Å². The van der Waals surface area contributed by atoms with Crippen LogP contribution in [0.2, 0.25) is 0 Å². The fraction of sp³-hybridized carbons (Fsp3) is 1.00. The molecule has 3 saturated carbocycles. The second kappa shape index (κ2) is 6.22. The summed E-state index contributed by atoms with van der Waals surface area (Å²) in [6, 6.07) is 0.880. The molecule has 1 nitrogen and oxygen atoms in total. The quantitative estimate of drug-likeness (QED) is 0.745. The van der Waals surface area contributed by atoms with E-state index in [0.717, 1.165) is 35.6 Å². The van der Waals surface area contributed by atoms with Crippen molar-refractivity contribution >= 4 is 0 Å². The lowest BCUT2D eigenvalue weighted by molar-refractivity contribution is 0.0380. The summed E-state index contributed by atoms with van der Waals surface area (Å²) in [5, 5.41) is 3.84. The lowest BCUT2D eigenvalue weighted by Crippen LogP contribution is -2.41. The molecule has 0 amide bonds. The summed E-state index contributed by atoms with van der Waals surface area (Å²) in [6.07, 6.45) is 11.7. The van der Waals surface area contributed by atoms with Gasteiger partial charge in [-0.15, -0.1) is 0 Å². The number of nitrogens with one attached hydrogen (secondary N) is 1. The summed E-state index contributed by atoms with van der Waals surface area (Å²) in [6.45, 7) is 11.3. The molecular formula is C20H37N. The largest absolute Gasteiger partial charge is 0.314 e. The minimum Gasteiger partial charge on any atom is -0.314 e. The van der Waals surface area contributed by atoms with Crippen LogP contribution in [0.5, 0.6) is 0 Å². The second-order valence-electron chi connectivity index (χ2n) is 9.54. The first-order valence-corrected chi connectivity index (χ1v) is 9.68. The lowest BCUT2D eigenvalue weighted by Gasteiger charge is -2.47. The van der Waals surface area contributed by atoms with Crippen LogP contribution < -0.4 is 5.32 Å². The second-order valence-corrected chi connectivity index (χ2v) is 9.54. The van der Waals surface area contributed by atoms with E-state index in [0.29, 0.717) is 5.41 Å². The summed E-state index contributed by atoms with van der Waals surface area (Å²) in [7, 11) is 0. The van der Waals surface area contributed by atoms with E-state index in [2.05, 4.69) is 33.0 Å². The van der Waals surface area contributed by atoms with Crippen molar-refractivity contribution in [3.05, 3.63) is 0 Å². The number of rotatable bonds is 4. The Bertz CT molecular complexity index is 342. The summed E-state index contributed by atoms with van der Waals surface area (Å²) < 4.78 is 0. The molecule has 122 valence electrons. The molecule has 5 atom stereocenters. The van der Waals surface area contributed by atoms with Gasteiger partial charge in [0.2, 0.25) is 0 Å². The van der Waals surface area contributed by atoms with Crippen LogP contribution in [0.1, 0.15) is 79.1 Å². The Balaban J connectivity index is 1.63. The molecule has 3 aliphatic rings. The maximum atomic E-state index is 3.84. The summed E-state index contributed by atoms with van der Waals surface area (Å²) >= 11 is 0. The zero-order valence-corrected chi connectivity index (χ0v) is 14.8. The fourth-order valence-electron chi connectivity index (χ4n) is 5.09. The van der Waals surface area contributed by atoms with Crippen molar-refractivity contribution in [1.82, 2.24) is 5.32 Å². The van der Waals surface area contributed by atoms with Crippen molar-refractivity contribution in [2.75, 3.05) is 6.54 Å². The van der Waals surface area contributed by atoms with Crippen molar-refractivity contribution in [3.8, 4) is 0 Å². The third kappa shape index (κ3) is 4.03. The van der Waals surface area contributed by atoms with Crippen LogP contribution in [0.4, 0.5) is 0 Å². The van der Waals surface area contributed by atoms with Gasteiger partial charge in [-0.3, -0.25) is 0 Å². The van der Waals surface area contributed by atoms with Crippen LogP contribution in [0, 0.1) is 35.0 Å². The van der Waals surface area contributed by atoms with Crippen LogP contribution in [0.25, 0.3) is 0 Å². The molecule has 0 aromatic carbocycles. The predicted molar refractivity (Wildman–Crippen MR) is 91.3 cm³/mol. The van der Waals surface area contributed by atoms with E-state index in [1.165, 1.54) is 57.9 Å². The first-order chi connectivity index (χ1) is 9.94. The van der Waals surface area contributed by atoms with Crippen molar-refractivity contribution < 1.29 is 0 Å². The van der Waals surface area contributed by atoms with E-state index in [1.807, 2.05) is 0 Å². The van der Waals surface area contributed by atoms with Crippen molar-refractivity contribution in [1.29, 1.82) is 0 Å². The number of hydrogen-bond donors (Lipinski definition) is 1. The van der Waals surface area contributed by atoms with Gasteiger partial charge in [0.1, 0.15) is 0 Å². The minimum absolute atomic E-state index is 0.590. The average molecular weight is 292 g/mol. The van der Waals surface area contributed by atoms with Gasteiger partial charge in [-0.05, 0) is 86.5 Å². The van der Waals surface area contributed by atoms with Gasteiger partial charge in [0.25, 0.3) is 0 Å². The first kappa shape index (κ1) is 15.8. The van der Waals surface area contributed by atoms with Crippen molar-refractivity contribution in [2.45, 2.75) is 85.1 Å². The molecular weight excluding hydrogens is 254 g/mol. The van der Waals surface area contributed by atoms with Gasteiger partial charge in [-0.25, -0.2) is 0 Å². The van der Waals surface area contributed by atoms with Gasteiger partial charge in [0.15, 0.2) is 0 Å². The van der Waals surface area contributed by atoms with Gasteiger partial charge in [0, 0.05) is 6.04 Å². The number of hydrogen-bond acceptors (Lipinski definition) is 1. The van der Waals surface area contributed by atoms with Crippen LogP contribution >= 0.6 is 0 Å². The highest BCUT2D eigenvalue weighted by atomic mass is 14.9. The Morgan fingerprint density at radius 1 is 0.952 bits per heavy atom. The SMILES string of the molecule is CC1CCC(C2CC(C)(C)CCC2CNC2CC2)CC1C. The molecule has 0 saturated heterocycles. The van der Waals surface area contributed by atoms with E-state index >= 15 is 0 Å². The van der Waals surface area contributed by atoms with Crippen LogP contribution in [0.15, 0.2) is 0 Å². The highest BCUT2D eigenvalue weighted by Crippen LogP contribution is 2.49. The zero-order chi connectivity index (χ0) is 15.0. The molecule has 0 bridgehead atoms. The zero-order valence-electron chi connectivity index (χ0n) is 14.8. The van der Waals surface area contributed by atoms with E-state index in [9.17, 15) is 0 Å². The molecule has 5 unspecified atom stereocenters. The Morgan fingerprint density at radius 3 is 2.38 bits per heavy atom. The topological polar surface area (TPSA) is 12.0 Å². The summed E-state index contributed by atoms with van der Waals surface area (Å²) in [5.74, 6) is 4.88. The molecule has 0 aromatic heterocycles. The van der Waals surface area contributed by atoms with Crippen molar-refractivity contribution in [2.24, 2.45) is 35.0 Å². The fourth-order valence-corrected chi connectivity index (χ4v) is 5.09. The molecule has 0 spiro atoms. The normalized spacial score (nSPS) is 43.7. The molecule has 21 heavy (non-hydrogen) atoms. The molecule has 1 N–H and O–H groups in total. The average Bonchev–Trinajstić information content (AvgIpc) is 3.24. The molecule has 0 heterocycles. The van der Waals surface area contributed by atoms with Gasteiger partial charge in [-0.2, -0.15) is 0 Å². The van der Waals surface area contributed by atoms with Crippen LogP contribution in [0.3, 0.4) is 0 Å². The molecule has 0 radical (unpaired) electrons. The van der Waals surface area contributed by atoms with E-state index in [1.54, 1.807) is 0 Å². The van der Waals surface area contributed by atoms with E-state index in [-0.39, 0.29) is 0 Å². The van der Waals surface area contributed by atoms with Crippen LogP contribution in [-0.4, -0.2) is 12.6 Å². The van der Waals surface area contributed by atoms with Gasteiger partial charge in [-0.1, -0.05) is 34.1 Å². The predicted octanol–water partition coefficient (Wildman–Crippen LogP) is 5.25. The lowest BCUT2D eigenvalue weighted by atomic mass is 9.59. The Labute approximate surface area is 132 Å². The highest BCUT2D eigenvalue weighted by molar-refractivity contribution is 4.93. The Kier molecular flexibility index (Phi) is 4.69. The molecule has 1 heteroatoms. The van der Waals surface area contributed by atoms with Gasteiger partial charge in [0.05, 0.1) is 0 Å². The van der Waals surface area contributed by atoms with E-state index in [4.69, 9.17) is 0 Å². The first-order valence-electron chi connectivity index (χ1n) is 9.68. The monoisotopic (exact) mass is 291 g/mol. The maximum absolute atomic E-state index is 3.84.